The van der Waals surface area contributed by atoms with E-state index in [1.165, 1.54) is 16.8 Å². The summed E-state index contributed by atoms with van der Waals surface area (Å²) in [6, 6.07) is 2.14. The zero-order valence-electron chi connectivity index (χ0n) is 15.1. The molecule has 3 amide bonds. The lowest BCUT2D eigenvalue weighted by molar-refractivity contribution is -0.115. The summed E-state index contributed by atoms with van der Waals surface area (Å²) in [5.41, 5.74) is 0.695. The van der Waals surface area contributed by atoms with Gasteiger partial charge in [0.25, 0.3) is 5.91 Å². The average Bonchev–Trinajstić information content (AvgIpc) is 3.30. The van der Waals surface area contributed by atoms with Gasteiger partial charge >= 0.3 is 12.0 Å². The van der Waals surface area contributed by atoms with E-state index >= 15 is 0 Å². The third-order valence-corrected chi connectivity index (χ3v) is 4.35. The van der Waals surface area contributed by atoms with Crippen molar-refractivity contribution in [3.8, 4) is 11.8 Å². The molecule has 0 spiro atoms. The molecule has 1 saturated carbocycles. The lowest BCUT2D eigenvalue weighted by Crippen LogP contribution is -2.22. The molecular formula is C18H13F2N7O3. The number of fused-ring (bicyclic) bond motifs is 1. The van der Waals surface area contributed by atoms with Crippen LogP contribution in [-0.4, -0.2) is 37.6 Å². The Labute approximate surface area is 167 Å². The Morgan fingerprint density at radius 2 is 1.90 bits per heavy atom. The Morgan fingerprint density at radius 1 is 1.13 bits per heavy atom. The van der Waals surface area contributed by atoms with Gasteiger partial charge in [0, 0.05) is 29.8 Å². The quantitative estimate of drug-likeness (QED) is 0.432. The number of nitrogens with one attached hydrogen (secondary N) is 3. The Balaban J connectivity index is 1.58. The number of imide groups is 1. The fourth-order valence-electron chi connectivity index (χ4n) is 2.86. The van der Waals surface area contributed by atoms with Gasteiger partial charge in [-0.3, -0.25) is 10.1 Å². The molecule has 0 atom stereocenters. The first-order chi connectivity index (χ1) is 14.4. The van der Waals surface area contributed by atoms with Crippen LogP contribution < -0.4 is 20.7 Å². The van der Waals surface area contributed by atoms with Crippen molar-refractivity contribution in [2.45, 2.75) is 18.9 Å². The lowest BCUT2D eigenvalue weighted by Gasteiger charge is -2.09. The highest BCUT2D eigenvalue weighted by Crippen LogP contribution is 2.28. The van der Waals surface area contributed by atoms with Crippen LogP contribution >= 0.6 is 0 Å². The first-order valence-electron chi connectivity index (χ1n) is 8.95. The minimum atomic E-state index is -0.805. The highest BCUT2D eigenvalue weighted by molar-refractivity contribution is 6.14. The van der Waals surface area contributed by atoms with Gasteiger partial charge in [-0.15, -0.1) is 0 Å². The van der Waals surface area contributed by atoms with Crippen molar-refractivity contribution < 1.29 is 23.1 Å². The Bertz CT molecular complexity index is 1220. The minimum Gasteiger partial charge on any atom is -0.424 e. The molecule has 1 aliphatic heterocycles. The second-order valence-electron chi connectivity index (χ2n) is 6.76. The summed E-state index contributed by atoms with van der Waals surface area (Å²) in [5, 5.41) is 11.9. The maximum Gasteiger partial charge on any atom is 0.327 e. The van der Waals surface area contributed by atoms with E-state index in [2.05, 4.69) is 31.0 Å². The summed E-state index contributed by atoms with van der Waals surface area (Å²) in [6.45, 7) is 0. The Morgan fingerprint density at radius 3 is 2.57 bits per heavy atom. The molecule has 2 aromatic heterocycles. The minimum absolute atomic E-state index is 0.0277. The summed E-state index contributed by atoms with van der Waals surface area (Å²) >= 11 is 0. The van der Waals surface area contributed by atoms with Gasteiger partial charge in [-0.25, -0.2) is 13.6 Å². The molecule has 152 valence electrons. The summed E-state index contributed by atoms with van der Waals surface area (Å²) in [4.78, 5) is 31.6. The van der Waals surface area contributed by atoms with E-state index in [0.717, 1.165) is 31.0 Å². The van der Waals surface area contributed by atoms with E-state index < -0.39 is 23.6 Å². The number of benzene rings is 1. The third-order valence-electron chi connectivity index (χ3n) is 4.35. The molecule has 5 rings (SSSR count). The maximum atomic E-state index is 13.5. The van der Waals surface area contributed by atoms with Gasteiger partial charge in [0.15, 0.2) is 5.65 Å². The van der Waals surface area contributed by atoms with Crippen LogP contribution in [0.4, 0.5) is 19.5 Å². The number of aromatic nitrogens is 4. The summed E-state index contributed by atoms with van der Waals surface area (Å²) < 4.78 is 33.9. The summed E-state index contributed by atoms with van der Waals surface area (Å²) in [7, 11) is 0. The molecule has 3 N–H and O–H groups in total. The van der Waals surface area contributed by atoms with Crippen molar-refractivity contribution in [3.63, 3.8) is 0 Å². The van der Waals surface area contributed by atoms with E-state index in [1.54, 1.807) is 0 Å². The number of rotatable bonds is 5. The fourth-order valence-corrected chi connectivity index (χ4v) is 2.86. The van der Waals surface area contributed by atoms with Gasteiger partial charge in [-0.2, -0.15) is 19.6 Å². The van der Waals surface area contributed by atoms with Crippen LogP contribution in [-0.2, 0) is 4.79 Å². The molecule has 3 aromatic rings. The highest BCUT2D eigenvalue weighted by atomic mass is 19.1. The molecule has 3 heterocycles. The van der Waals surface area contributed by atoms with Crippen molar-refractivity contribution in [2.24, 2.45) is 0 Å². The predicted molar refractivity (Wildman–Crippen MR) is 98.5 cm³/mol. The van der Waals surface area contributed by atoms with Crippen molar-refractivity contribution in [3.05, 3.63) is 47.3 Å². The highest BCUT2D eigenvalue weighted by Gasteiger charge is 2.26. The first-order valence-corrected chi connectivity index (χ1v) is 8.95. The van der Waals surface area contributed by atoms with E-state index in [1.807, 2.05) is 0 Å². The number of urea groups is 1. The van der Waals surface area contributed by atoms with Gasteiger partial charge in [-0.1, -0.05) is 0 Å². The van der Waals surface area contributed by atoms with Crippen LogP contribution in [0.5, 0.6) is 11.8 Å². The second kappa shape index (κ2) is 6.76. The second-order valence-corrected chi connectivity index (χ2v) is 6.76. The number of hydrogen-bond acceptors (Lipinski definition) is 7. The van der Waals surface area contributed by atoms with Gasteiger partial charge in [0.05, 0.1) is 6.20 Å². The molecule has 10 nitrogen and oxygen atoms in total. The number of ether oxygens (including phenoxy) is 1. The van der Waals surface area contributed by atoms with E-state index in [9.17, 15) is 18.4 Å². The number of halogens is 2. The Kier molecular flexibility index (Phi) is 4.05. The smallest absolute Gasteiger partial charge is 0.327 e. The first kappa shape index (κ1) is 18.0. The van der Waals surface area contributed by atoms with E-state index in [0.29, 0.717) is 11.5 Å². The van der Waals surface area contributed by atoms with Crippen molar-refractivity contribution in [1.29, 1.82) is 0 Å². The molecular weight excluding hydrogens is 400 g/mol. The average molecular weight is 413 g/mol. The molecule has 1 aromatic carbocycles. The van der Waals surface area contributed by atoms with Crippen molar-refractivity contribution >= 4 is 29.6 Å². The molecule has 30 heavy (non-hydrogen) atoms. The largest absolute Gasteiger partial charge is 0.424 e. The van der Waals surface area contributed by atoms with Gasteiger partial charge < -0.3 is 15.4 Å². The number of carbonyl (C=O) groups excluding carboxylic acids is 2. The van der Waals surface area contributed by atoms with Crippen LogP contribution in [0.15, 0.2) is 30.1 Å². The van der Waals surface area contributed by atoms with Gasteiger partial charge in [0.1, 0.15) is 23.1 Å². The molecule has 12 heteroatoms. The topological polar surface area (TPSA) is 123 Å². The maximum absolute atomic E-state index is 13.5. The van der Waals surface area contributed by atoms with Crippen LogP contribution in [0.3, 0.4) is 0 Å². The normalized spacial score (nSPS) is 17.3. The lowest BCUT2D eigenvalue weighted by atomic mass is 10.2. The van der Waals surface area contributed by atoms with Crippen LogP contribution in [0.25, 0.3) is 11.7 Å². The molecule has 2 fully saturated rings. The summed E-state index contributed by atoms with van der Waals surface area (Å²) in [5.74, 6) is -1.99. The van der Waals surface area contributed by atoms with Crippen LogP contribution in [0, 0.1) is 11.6 Å². The van der Waals surface area contributed by atoms with Crippen molar-refractivity contribution in [2.75, 3.05) is 5.32 Å². The molecule has 0 bridgehead atoms. The van der Waals surface area contributed by atoms with Crippen LogP contribution in [0.2, 0.25) is 0 Å². The zero-order chi connectivity index (χ0) is 20.8. The van der Waals surface area contributed by atoms with Crippen molar-refractivity contribution in [1.82, 2.24) is 30.2 Å². The fraction of sp³-hybridized carbons (Fsp3) is 0.167. The number of anilines is 1. The predicted octanol–water partition coefficient (Wildman–Crippen LogP) is 1.95. The standard InChI is InChI=1S/C18H13F2N7O3/c19-9-4-10(20)6-12(5-9)30-18-24-14-8(3-13-15(28)25-17(29)23-13)7-21-27(14)16(26-18)22-11-1-2-11/h3-7,11H,1-2H2,(H,22,24,26)(H2,23,25,28,29)/b13-3-. The van der Waals surface area contributed by atoms with E-state index in [4.69, 9.17) is 4.74 Å². The number of hydrogen-bond donors (Lipinski definition) is 3. The SMILES string of the molecule is O=C1NC(=O)/C(=C/c2cnn3c(NC4CC4)nc(Oc4cc(F)cc(F)c4)nc23)N1. The number of nitrogens with zero attached hydrogens (tertiary/aromatic N) is 4. The van der Waals surface area contributed by atoms with E-state index in [-0.39, 0.29) is 29.1 Å². The summed E-state index contributed by atoms with van der Waals surface area (Å²) in [6.07, 6.45) is 4.77. The molecule has 0 unspecified atom stereocenters. The third kappa shape index (κ3) is 3.50. The monoisotopic (exact) mass is 413 g/mol. The number of amides is 3. The zero-order valence-corrected chi connectivity index (χ0v) is 15.1. The molecule has 2 aliphatic rings. The molecule has 1 aliphatic carbocycles. The van der Waals surface area contributed by atoms with Gasteiger partial charge in [-0.05, 0) is 18.9 Å². The van der Waals surface area contributed by atoms with Gasteiger partial charge in [0.2, 0.25) is 5.95 Å². The molecule has 1 saturated heterocycles. The molecule has 0 radical (unpaired) electrons. The van der Waals surface area contributed by atoms with Crippen LogP contribution in [0.1, 0.15) is 18.4 Å². The Hall–Kier alpha value is -4.09. The number of carbonyl (C=O) groups is 2.